The standard InChI is InChI=1S/C16H35N5O2/c1-16(2,3)23-15(22)18-13-14(12-17)21-10-8-20(9-11-21)7-6-19(4)5/h14H,6-13,17H2,1-5H3,(H,18,22). The first-order chi connectivity index (χ1) is 10.7. The average Bonchev–Trinajstić information content (AvgIpc) is 2.45. The van der Waals surface area contributed by atoms with Gasteiger partial charge in [-0.2, -0.15) is 0 Å². The molecule has 0 aromatic carbocycles. The number of piperazine rings is 1. The van der Waals surface area contributed by atoms with Crippen LogP contribution >= 0.6 is 0 Å². The Morgan fingerprint density at radius 3 is 2.35 bits per heavy atom. The Kier molecular flexibility index (Phi) is 8.25. The molecule has 0 aromatic rings. The topological polar surface area (TPSA) is 74.1 Å². The number of rotatable bonds is 7. The molecule has 1 unspecified atom stereocenters. The van der Waals surface area contributed by atoms with Crippen molar-refractivity contribution in [3.63, 3.8) is 0 Å². The van der Waals surface area contributed by atoms with Crippen molar-refractivity contribution >= 4 is 6.09 Å². The van der Waals surface area contributed by atoms with Crippen molar-refractivity contribution < 1.29 is 9.53 Å². The second-order valence-corrected chi connectivity index (χ2v) is 7.45. The van der Waals surface area contributed by atoms with Crippen LogP contribution in [0.1, 0.15) is 20.8 Å². The summed E-state index contributed by atoms with van der Waals surface area (Å²) < 4.78 is 5.27. The van der Waals surface area contributed by atoms with Crippen molar-refractivity contribution in [1.29, 1.82) is 0 Å². The molecule has 1 aliphatic heterocycles. The van der Waals surface area contributed by atoms with E-state index < -0.39 is 5.60 Å². The molecule has 7 nitrogen and oxygen atoms in total. The van der Waals surface area contributed by atoms with Gasteiger partial charge < -0.3 is 20.7 Å². The Hall–Kier alpha value is -0.890. The number of carbonyl (C=O) groups excluding carboxylic acids is 1. The van der Waals surface area contributed by atoms with Crippen molar-refractivity contribution in [3.8, 4) is 0 Å². The number of carbonyl (C=O) groups is 1. The molecule has 0 aromatic heterocycles. The molecular formula is C16H35N5O2. The lowest BCUT2D eigenvalue weighted by Crippen LogP contribution is -2.56. The average molecular weight is 329 g/mol. The van der Waals surface area contributed by atoms with Crippen LogP contribution in [0.15, 0.2) is 0 Å². The minimum atomic E-state index is -0.472. The van der Waals surface area contributed by atoms with E-state index in [0.717, 1.165) is 39.3 Å². The third-order valence-electron chi connectivity index (χ3n) is 3.94. The van der Waals surface area contributed by atoms with E-state index >= 15 is 0 Å². The highest BCUT2D eigenvalue weighted by atomic mass is 16.6. The predicted octanol–water partition coefficient (Wildman–Crippen LogP) is 0.0176. The molecule has 1 aliphatic rings. The van der Waals surface area contributed by atoms with Crippen molar-refractivity contribution in [3.05, 3.63) is 0 Å². The van der Waals surface area contributed by atoms with Crippen molar-refractivity contribution in [2.75, 3.05) is 66.5 Å². The second kappa shape index (κ2) is 9.42. The zero-order valence-electron chi connectivity index (χ0n) is 15.5. The maximum atomic E-state index is 11.8. The largest absolute Gasteiger partial charge is 0.444 e. The van der Waals surface area contributed by atoms with Gasteiger partial charge in [-0.3, -0.25) is 9.80 Å². The summed E-state index contributed by atoms with van der Waals surface area (Å²) in [6.45, 7) is 12.9. The number of likely N-dealkylation sites (N-methyl/N-ethyl adjacent to an activating group) is 1. The van der Waals surface area contributed by atoms with E-state index in [9.17, 15) is 4.79 Å². The maximum absolute atomic E-state index is 11.8. The van der Waals surface area contributed by atoms with Gasteiger partial charge in [-0.25, -0.2) is 4.79 Å². The molecule has 1 rings (SSSR count). The Bertz CT molecular complexity index is 349. The lowest BCUT2D eigenvalue weighted by atomic mass is 10.2. The molecule has 0 saturated carbocycles. The van der Waals surface area contributed by atoms with Gasteiger partial charge in [-0.15, -0.1) is 0 Å². The summed E-state index contributed by atoms with van der Waals surface area (Å²) in [5.74, 6) is 0. The SMILES string of the molecule is CN(C)CCN1CCN(C(CN)CNC(=O)OC(C)(C)C)CC1. The van der Waals surface area contributed by atoms with Gasteiger partial charge in [0.2, 0.25) is 0 Å². The number of nitrogens with two attached hydrogens (primary N) is 1. The summed E-state index contributed by atoms with van der Waals surface area (Å²) in [5.41, 5.74) is 5.42. The van der Waals surface area contributed by atoms with Gasteiger partial charge >= 0.3 is 6.09 Å². The minimum Gasteiger partial charge on any atom is -0.444 e. The number of alkyl carbamates (subject to hydrolysis) is 1. The number of nitrogens with zero attached hydrogens (tertiary/aromatic N) is 3. The first-order valence-electron chi connectivity index (χ1n) is 8.49. The summed E-state index contributed by atoms with van der Waals surface area (Å²) >= 11 is 0. The molecule has 7 heteroatoms. The summed E-state index contributed by atoms with van der Waals surface area (Å²) in [5, 5.41) is 2.84. The Balaban J connectivity index is 2.32. The number of nitrogens with one attached hydrogen (secondary N) is 1. The third kappa shape index (κ3) is 8.50. The summed E-state index contributed by atoms with van der Waals surface area (Å²) in [4.78, 5) is 18.8. The van der Waals surface area contributed by atoms with Crippen LogP contribution in [0.3, 0.4) is 0 Å². The smallest absolute Gasteiger partial charge is 0.407 e. The van der Waals surface area contributed by atoms with Gasteiger partial charge in [-0.05, 0) is 34.9 Å². The normalized spacial score (nSPS) is 18.9. The zero-order chi connectivity index (χ0) is 17.5. The molecular weight excluding hydrogens is 294 g/mol. The number of amides is 1. The van der Waals surface area contributed by atoms with Crippen LogP contribution < -0.4 is 11.1 Å². The Morgan fingerprint density at radius 1 is 1.26 bits per heavy atom. The molecule has 1 heterocycles. The van der Waals surface area contributed by atoms with Crippen LogP contribution in [0.5, 0.6) is 0 Å². The fraction of sp³-hybridized carbons (Fsp3) is 0.938. The molecule has 3 N–H and O–H groups in total. The van der Waals surface area contributed by atoms with Crippen LogP contribution in [0.25, 0.3) is 0 Å². The summed E-state index contributed by atoms with van der Waals surface area (Å²) in [7, 11) is 4.20. The van der Waals surface area contributed by atoms with Gasteiger partial charge in [0.05, 0.1) is 0 Å². The molecule has 0 bridgehead atoms. The predicted molar refractivity (Wildman–Crippen MR) is 93.6 cm³/mol. The molecule has 136 valence electrons. The van der Waals surface area contributed by atoms with E-state index in [-0.39, 0.29) is 12.1 Å². The van der Waals surface area contributed by atoms with Gasteiger partial charge in [0.15, 0.2) is 0 Å². The van der Waals surface area contributed by atoms with Crippen LogP contribution in [0, 0.1) is 0 Å². The van der Waals surface area contributed by atoms with E-state index in [1.165, 1.54) is 0 Å². The van der Waals surface area contributed by atoms with Gasteiger partial charge in [0.1, 0.15) is 5.60 Å². The molecule has 0 radical (unpaired) electrons. The molecule has 0 aliphatic carbocycles. The third-order valence-corrected chi connectivity index (χ3v) is 3.94. The van der Waals surface area contributed by atoms with Gasteiger partial charge in [0.25, 0.3) is 0 Å². The van der Waals surface area contributed by atoms with Crippen LogP contribution in [0.4, 0.5) is 4.79 Å². The van der Waals surface area contributed by atoms with Crippen molar-refractivity contribution in [2.24, 2.45) is 5.73 Å². The molecule has 1 amide bonds. The quantitative estimate of drug-likeness (QED) is 0.686. The molecule has 23 heavy (non-hydrogen) atoms. The van der Waals surface area contributed by atoms with Gasteiger partial charge in [-0.1, -0.05) is 0 Å². The highest BCUT2D eigenvalue weighted by Crippen LogP contribution is 2.08. The fourth-order valence-corrected chi connectivity index (χ4v) is 2.57. The molecule has 1 fully saturated rings. The van der Waals surface area contributed by atoms with E-state index in [2.05, 4.69) is 34.1 Å². The molecule has 0 spiro atoms. The number of hydrogen-bond acceptors (Lipinski definition) is 6. The summed E-state index contributed by atoms with van der Waals surface area (Å²) in [6, 6.07) is 0.165. The fourth-order valence-electron chi connectivity index (χ4n) is 2.57. The van der Waals surface area contributed by atoms with E-state index in [0.29, 0.717) is 13.1 Å². The van der Waals surface area contributed by atoms with Crippen LogP contribution in [-0.4, -0.2) is 98.9 Å². The first-order valence-corrected chi connectivity index (χ1v) is 8.49. The second-order valence-electron chi connectivity index (χ2n) is 7.45. The molecule has 1 atom stereocenters. The Labute approximate surface area is 141 Å². The molecule has 1 saturated heterocycles. The van der Waals surface area contributed by atoms with E-state index in [1.807, 2.05) is 20.8 Å². The summed E-state index contributed by atoms with van der Waals surface area (Å²) in [6.07, 6.45) is -0.374. The van der Waals surface area contributed by atoms with Gasteiger partial charge in [0, 0.05) is 58.4 Å². The lowest BCUT2D eigenvalue weighted by molar-refractivity contribution is 0.0486. The Morgan fingerprint density at radius 2 is 1.87 bits per heavy atom. The highest BCUT2D eigenvalue weighted by molar-refractivity contribution is 5.67. The van der Waals surface area contributed by atoms with E-state index in [1.54, 1.807) is 0 Å². The van der Waals surface area contributed by atoms with Crippen LogP contribution in [-0.2, 0) is 4.74 Å². The monoisotopic (exact) mass is 329 g/mol. The highest BCUT2D eigenvalue weighted by Gasteiger charge is 2.24. The number of ether oxygens (including phenoxy) is 1. The maximum Gasteiger partial charge on any atom is 0.407 e. The lowest BCUT2D eigenvalue weighted by Gasteiger charge is -2.39. The minimum absolute atomic E-state index is 0.165. The van der Waals surface area contributed by atoms with E-state index in [4.69, 9.17) is 10.5 Å². The first kappa shape index (κ1) is 20.2. The van der Waals surface area contributed by atoms with Crippen molar-refractivity contribution in [2.45, 2.75) is 32.4 Å². The van der Waals surface area contributed by atoms with Crippen molar-refractivity contribution in [1.82, 2.24) is 20.0 Å². The zero-order valence-corrected chi connectivity index (χ0v) is 15.5. The number of hydrogen-bond donors (Lipinski definition) is 2. The van der Waals surface area contributed by atoms with Crippen LogP contribution in [0.2, 0.25) is 0 Å².